The second-order valence-electron chi connectivity index (χ2n) is 8.93. The first-order chi connectivity index (χ1) is 14.8. The maximum Gasteiger partial charge on any atom is 0.394 e. The van der Waals surface area contributed by atoms with Gasteiger partial charge >= 0.3 is 10.4 Å². The number of benzene rings is 1. The van der Waals surface area contributed by atoms with Gasteiger partial charge in [-0.25, -0.2) is 0 Å². The van der Waals surface area contributed by atoms with Crippen molar-refractivity contribution >= 4 is 10.4 Å². The molecule has 0 spiro atoms. The van der Waals surface area contributed by atoms with Crippen LogP contribution in [-0.2, 0) is 28.7 Å². The van der Waals surface area contributed by atoms with Gasteiger partial charge in [0.15, 0.2) is 0 Å². The minimum atomic E-state index is -4.67. The van der Waals surface area contributed by atoms with Crippen molar-refractivity contribution in [1.82, 2.24) is 9.88 Å². The van der Waals surface area contributed by atoms with Crippen LogP contribution in [0.15, 0.2) is 42.6 Å². The minimum absolute atomic E-state index is 0.316. The normalized spacial score (nSPS) is 27.4. The molecule has 1 saturated heterocycles. The number of phenolic OH excluding ortho intramolecular Hbond substituents is 1. The van der Waals surface area contributed by atoms with Crippen LogP contribution >= 0.6 is 0 Å². The molecule has 0 radical (unpaired) electrons. The van der Waals surface area contributed by atoms with Gasteiger partial charge in [0.25, 0.3) is 0 Å². The molecule has 3 atom stereocenters. The molecule has 2 bridgehead atoms. The molecule has 8 heteroatoms. The Balaban J connectivity index is 0.000000418. The van der Waals surface area contributed by atoms with Crippen molar-refractivity contribution in [2.24, 2.45) is 5.92 Å². The first-order valence-electron chi connectivity index (χ1n) is 10.9. The summed E-state index contributed by atoms with van der Waals surface area (Å²) in [6.45, 7) is 2.30. The molecule has 1 aromatic heterocycles. The second kappa shape index (κ2) is 8.86. The van der Waals surface area contributed by atoms with Crippen molar-refractivity contribution < 1.29 is 22.6 Å². The molecular weight excluding hydrogens is 416 g/mol. The lowest BCUT2D eigenvalue weighted by Gasteiger charge is -2.59. The molecule has 0 unspecified atom stereocenters. The summed E-state index contributed by atoms with van der Waals surface area (Å²) in [4.78, 5) is 7.26. The summed E-state index contributed by atoms with van der Waals surface area (Å²) >= 11 is 0. The molecule has 1 aromatic carbocycles. The fourth-order valence-corrected chi connectivity index (χ4v) is 6.15. The van der Waals surface area contributed by atoms with Gasteiger partial charge in [0.2, 0.25) is 0 Å². The number of piperidine rings is 1. The maximum absolute atomic E-state index is 10.1. The molecule has 2 aromatic rings. The van der Waals surface area contributed by atoms with E-state index in [1.165, 1.54) is 55.5 Å². The molecule has 168 valence electrons. The highest BCUT2D eigenvalue weighted by Gasteiger charge is 2.53. The van der Waals surface area contributed by atoms with E-state index in [0.717, 1.165) is 25.3 Å². The van der Waals surface area contributed by atoms with Crippen molar-refractivity contribution in [2.75, 3.05) is 13.1 Å². The Labute approximate surface area is 183 Å². The molecule has 31 heavy (non-hydrogen) atoms. The highest BCUT2D eigenvalue weighted by atomic mass is 32.3. The van der Waals surface area contributed by atoms with Gasteiger partial charge in [-0.3, -0.25) is 19.0 Å². The number of likely N-dealkylation sites (tertiary alicyclic amines) is 1. The second-order valence-corrected chi connectivity index (χ2v) is 9.82. The van der Waals surface area contributed by atoms with Crippen molar-refractivity contribution in [3.05, 3.63) is 59.4 Å². The van der Waals surface area contributed by atoms with Crippen LogP contribution in [0.4, 0.5) is 0 Å². The monoisotopic (exact) mass is 446 g/mol. The van der Waals surface area contributed by atoms with Gasteiger partial charge in [-0.1, -0.05) is 25.0 Å². The molecule has 5 rings (SSSR count). The molecule has 0 amide bonds. The molecule has 2 heterocycles. The highest BCUT2D eigenvalue weighted by Crippen LogP contribution is 2.56. The number of phenols is 1. The van der Waals surface area contributed by atoms with E-state index in [9.17, 15) is 5.11 Å². The summed E-state index contributed by atoms with van der Waals surface area (Å²) in [5.41, 5.74) is 4.47. The summed E-state index contributed by atoms with van der Waals surface area (Å²) < 4.78 is 31.6. The molecule has 2 fully saturated rings. The maximum atomic E-state index is 10.1. The predicted molar refractivity (Wildman–Crippen MR) is 118 cm³/mol. The van der Waals surface area contributed by atoms with Crippen LogP contribution in [-0.4, -0.2) is 51.6 Å². The predicted octanol–water partition coefficient (Wildman–Crippen LogP) is 3.44. The van der Waals surface area contributed by atoms with E-state index >= 15 is 0 Å². The van der Waals surface area contributed by atoms with Crippen LogP contribution in [0, 0.1) is 5.92 Å². The number of nitrogens with zero attached hydrogens (tertiary/aromatic N) is 2. The van der Waals surface area contributed by atoms with Crippen LogP contribution in [0.3, 0.4) is 0 Å². The van der Waals surface area contributed by atoms with Gasteiger partial charge in [0.1, 0.15) is 5.75 Å². The smallest absolute Gasteiger partial charge is 0.394 e. The molecule has 3 aliphatic rings. The average Bonchev–Trinajstić information content (AvgIpc) is 2.73. The Kier molecular flexibility index (Phi) is 6.35. The zero-order chi connectivity index (χ0) is 22.1. The van der Waals surface area contributed by atoms with E-state index in [4.69, 9.17) is 17.5 Å². The van der Waals surface area contributed by atoms with E-state index in [0.29, 0.717) is 17.2 Å². The lowest BCUT2D eigenvalue weighted by molar-refractivity contribution is -0.0107. The molecule has 2 aliphatic carbocycles. The quantitative estimate of drug-likeness (QED) is 0.619. The van der Waals surface area contributed by atoms with Crippen LogP contribution in [0.25, 0.3) is 0 Å². The summed E-state index contributed by atoms with van der Waals surface area (Å²) in [7, 11) is -4.67. The van der Waals surface area contributed by atoms with Gasteiger partial charge in [-0.05, 0) is 73.5 Å². The third-order valence-corrected chi connectivity index (χ3v) is 7.32. The van der Waals surface area contributed by atoms with Crippen LogP contribution in [0.1, 0.15) is 48.9 Å². The number of aromatic hydroxyl groups is 1. The fourth-order valence-electron chi connectivity index (χ4n) is 6.15. The van der Waals surface area contributed by atoms with Crippen molar-refractivity contribution in [3.63, 3.8) is 0 Å². The number of hydrogen-bond acceptors (Lipinski definition) is 5. The fraction of sp³-hybridized carbons (Fsp3) is 0.522. The van der Waals surface area contributed by atoms with E-state index < -0.39 is 10.4 Å². The Hall–Kier alpha value is -2.00. The number of hydrogen-bond donors (Lipinski definition) is 3. The average molecular weight is 447 g/mol. The molecular formula is C23H30N2O5S. The van der Waals surface area contributed by atoms with Gasteiger partial charge in [0, 0.05) is 36.3 Å². The highest BCUT2D eigenvalue weighted by molar-refractivity contribution is 7.79. The Morgan fingerprint density at radius 1 is 1.13 bits per heavy atom. The summed E-state index contributed by atoms with van der Waals surface area (Å²) in [5.74, 6) is 1.20. The number of aromatic nitrogens is 1. The molecule has 1 saturated carbocycles. The van der Waals surface area contributed by atoms with Crippen molar-refractivity contribution in [2.45, 2.75) is 56.4 Å². The van der Waals surface area contributed by atoms with E-state index in [-0.39, 0.29) is 0 Å². The third-order valence-electron chi connectivity index (χ3n) is 7.32. The Morgan fingerprint density at radius 2 is 1.94 bits per heavy atom. The zero-order valence-corrected chi connectivity index (χ0v) is 18.3. The van der Waals surface area contributed by atoms with E-state index in [2.05, 4.69) is 34.1 Å². The first-order valence-corrected chi connectivity index (χ1v) is 12.3. The number of pyridine rings is 1. The van der Waals surface area contributed by atoms with Crippen molar-refractivity contribution in [3.8, 4) is 5.75 Å². The largest absolute Gasteiger partial charge is 0.508 e. The first kappa shape index (κ1) is 22.2. The molecule has 7 nitrogen and oxygen atoms in total. The zero-order valence-electron chi connectivity index (χ0n) is 17.5. The van der Waals surface area contributed by atoms with Crippen molar-refractivity contribution in [1.29, 1.82) is 0 Å². The molecule has 3 N–H and O–H groups in total. The number of fused-ring (bicyclic) bond motifs is 1. The van der Waals surface area contributed by atoms with Crippen LogP contribution < -0.4 is 0 Å². The Morgan fingerprint density at radius 3 is 2.68 bits per heavy atom. The minimum Gasteiger partial charge on any atom is -0.508 e. The van der Waals surface area contributed by atoms with Gasteiger partial charge in [-0.15, -0.1) is 0 Å². The topological polar surface area (TPSA) is 111 Å². The SMILES string of the molecule is O=S(=O)(O)O.Oc1ccc2c(c1)[C@@]13CCCC[C@H]1[C@@H](C2)N(CCc1ccccn1)CC3. The lowest BCUT2D eigenvalue weighted by Crippen LogP contribution is -2.61. The Bertz CT molecular complexity index is 1010. The summed E-state index contributed by atoms with van der Waals surface area (Å²) in [5, 5.41) is 10.1. The standard InChI is InChI=1S/C23H28N2O.H2O4S/c26-19-8-7-17-15-22-20-6-1-3-10-23(20,21(17)16-19)11-14-25(22)13-9-18-5-2-4-12-24-18;1-5(2,3)4/h2,4-5,7-8,12,16,20,22,26H,1,3,6,9-11,13-15H2;(H2,1,2,3,4)/t20-,22+,23+;/m0./s1. The number of rotatable bonds is 3. The lowest BCUT2D eigenvalue weighted by atomic mass is 9.52. The van der Waals surface area contributed by atoms with Gasteiger partial charge < -0.3 is 5.11 Å². The summed E-state index contributed by atoms with van der Waals surface area (Å²) in [6, 6.07) is 13.0. The van der Waals surface area contributed by atoms with Gasteiger partial charge in [-0.2, -0.15) is 8.42 Å². The van der Waals surface area contributed by atoms with Crippen LogP contribution in [0.2, 0.25) is 0 Å². The molecule has 1 aliphatic heterocycles. The van der Waals surface area contributed by atoms with E-state index in [1.54, 1.807) is 0 Å². The van der Waals surface area contributed by atoms with E-state index in [1.807, 2.05) is 18.3 Å². The third kappa shape index (κ3) is 4.92. The van der Waals surface area contributed by atoms with Crippen LogP contribution in [0.5, 0.6) is 5.75 Å². The van der Waals surface area contributed by atoms with Gasteiger partial charge in [0.05, 0.1) is 0 Å². The summed E-state index contributed by atoms with van der Waals surface area (Å²) in [6.07, 6.45) is 10.7.